The smallest absolute Gasteiger partial charge is 0.0672 e. The number of hydrogen-bond donors (Lipinski definition) is 0. The summed E-state index contributed by atoms with van der Waals surface area (Å²) in [6, 6.07) is 3.16. The standard InChI is InChI=1S/C17H30N2/c1-3-5-15-6-7-16(13-18)17(12-15)19-10-8-14(4-2)9-11-19/h14-17H,3-12H2,1-2H3. The first-order valence-electron chi connectivity index (χ1n) is 8.42. The van der Waals surface area contributed by atoms with Crippen LogP contribution in [0.1, 0.15) is 65.2 Å². The van der Waals surface area contributed by atoms with E-state index in [1.54, 1.807) is 0 Å². The second-order valence-electron chi connectivity index (χ2n) is 6.66. The first-order chi connectivity index (χ1) is 9.28. The predicted molar refractivity (Wildman–Crippen MR) is 79.7 cm³/mol. The van der Waals surface area contributed by atoms with Crippen LogP contribution in [0.2, 0.25) is 0 Å². The van der Waals surface area contributed by atoms with Gasteiger partial charge in [0.05, 0.1) is 12.0 Å². The summed E-state index contributed by atoms with van der Waals surface area (Å²) in [5, 5.41) is 9.43. The number of nitrogens with zero attached hydrogens (tertiary/aromatic N) is 2. The number of hydrogen-bond acceptors (Lipinski definition) is 2. The fraction of sp³-hybridized carbons (Fsp3) is 0.941. The molecule has 0 aromatic carbocycles. The average Bonchev–Trinajstić information content (AvgIpc) is 2.47. The van der Waals surface area contributed by atoms with Crippen LogP contribution in [0.3, 0.4) is 0 Å². The van der Waals surface area contributed by atoms with Crippen molar-refractivity contribution in [3.8, 4) is 6.07 Å². The lowest BCUT2D eigenvalue weighted by atomic mass is 9.76. The fourth-order valence-corrected chi connectivity index (χ4v) is 4.15. The van der Waals surface area contributed by atoms with E-state index < -0.39 is 0 Å². The van der Waals surface area contributed by atoms with E-state index in [4.69, 9.17) is 0 Å². The van der Waals surface area contributed by atoms with Gasteiger partial charge in [-0.25, -0.2) is 0 Å². The Balaban J connectivity index is 1.93. The molecule has 0 spiro atoms. The summed E-state index contributed by atoms with van der Waals surface area (Å²) in [7, 11) is 0. The van der Waals surface area contributed by atoms with Gasteiger partial charge in [0.2, 0.25) is 0 Å². The molecule has 3 atom stereocenters. The van der Waals surface area contributed by atoms with Crippen LogP contribution in [-0.2, 0) is 0 Å². The third-order valence-corrected chi connectivity index (χ3v) is 5.48. The van der Waals surface area contributed by atoms with E-state index >= 15 is 0 Å². The molecule has 2 fully saturated rings. The Hall–Kier alpha value is -0.550. The van der Waals surface area contributed by atoms with Crippen molar-refractivity contribution in [2.45, 2.75) is 71.3 Å². The van der Waals surface area contributed by atoms with Crippen molar-refractivity contribution in [3.05, 3.63) is 0 Å². The summed E-state index contributed by atoms with van der Waals surface area (Å²) in [6.45, 7) is 7.08. The van der Waals surface area contributed by atoms with Crippen LogP contribution in [0.15, 0.2) is 0 Å². The van der Waals surface area contributed by atoms with Crippen LogP contribution in [0.5, 0.6) is 0 Å². The largest absolute Gasteiger partial charge is 0.299 e. The van der Waals surface area contributed by atoms with Crippen molar-refractivity contribution in [1.82, 2.24) is 4.90 Å². The van der Waals surface area contributed by atoms with Crippen molar-refractivity contribution < 1.29 is 0 Å². The second kappa shape index (κ2) is 7.29. The van der Waals surface area contributed by atoms with Crippen LogP contribution in [0.25, 0.3) is 0 Å². The molecule has 2 nitrogen and oxygen atoms in total. The zero-order valence-corrected chi connectivity index (χ0v) is 12.8. The Bertz CT molecular complexity index is 299. The lowest BCUT2D eigenvalue weighted by molar-refractivity contribution is 0.0649. The summed E-state index contributed by atoms with van der Waals surface area (Å²) >= 11 is 0. The Labute approximate surface area is 119 Å². The van der Waals surface area contributed by atoms with Gasteiger partial charge >= 0.3 is 0 Å². The highest BCUT2D eigenvalue weighted by Gasteiger charge is 2.35. The summed E-state index contributed by atoms with van der Waals surface area (Å²) in [5.41, 5.74) is 0. The highest BCUT2D eigenvalue weighted by Crippen LogP contribution is 2.36. The number of rotatable bonds is 4. The summed E-state index contributed by atoms with van der Waals surface area (Å²) in [4.78, 5) is 2.65. The molecule has 1 saturated heterocycles. The van der Waals surface area contributed by atoms with Crippen LogP contribution >= 0.6 is 0 Å². The van der Waals surface area contributed by atoms with E-state index in [1.807, 2.05) is 0 Å². The maximum absolute atomic E-state index is 9.43. The highest BCUT2D eigenvalue weighted by molar-refractivity contribution is 4.98. The molecule has 2 rings (SSSR count). The molecule has 0 aromatic heterocycles. The molecule has 2 heteroatoms. The lowest BCUT2D eigenvalue weighted by Gasteiger charge is -2.43. The number of piperidine rings is 1. The molecule has 0 N–H and O–H groups in total. The molecular weight excluding hydrogens is 232 g/mol. The molecule has 2 aliphatic rings. The topological polar surface area (TPSA) is 27.0 Å². The zero-order chi connectivity index (χ0) is 13.7. The SMILES string of the molecule is CCCC1CCC(C#N)C(N2CCC(CC)CC2)C1. The fourth-order valence-electron chi connectivity index (χ4n) is 4.15. The molecule has 19 heavy (non-hydrogen) atoms. The maximum Gasteiger partial charge on any atom is 0.0672 e. The minimum atomic E-state index is 0.297. The van der Waals surface area contributed by atoms with Gasteiger partial charge in [0.25, 0.3) is 0 Å². The number of nitriles is 1. The normalized spacial score (nSPS) is 34.1. The van der Waals surface area contributed by atoms with E-state index in [0.717, 1.165) is 18.3 Å². The van der Waals surface area contributed by atoms with Crippen molar-refractivity contribution in [3.63, 3.8) is 0 Å². The van der Waals surface area contributed by atoms with Gasteiger partial charge < -0.3 is 0 Å². The van der Waals surface area contributed by atoms with Crippen molar-refractivity contribution in [2.75, 3.05) is 13.1 Å². The van der Waals surface area contributed by atoms with Crippen LogP contribution in [0, 0.1) is 29.1 Å². The Morgan fingerprint density at radius 3 is 2.37 bits per heavy atom. The first kappa shape index (κ1) is 14.9. The molecule has 0 bridgehead atoms. The Morgan fingerprint density at radius 2 is 1.79 bits per heavy atom. The molecule has 0 radical (unpaired) electrons. The van der Waals surface area contributed by atoms with E-state index in [0.29, 0.717) is 12.0 Å². The third kappa shape index (κ3) is 3.72. The summed E-state index contributed by atoms with van der Waals surface area (Å²) in [6.07, 6.45) is 10.4. The molecule has 108 valence electrons. The predicted octanol–water partition coefficient (Wildman–Crippen LogP) is 4.22. The van der Waals surface area contributed by atoms with Gasteiger partial charge in [0.15, 0.2) is 0 Å². The van der Waals surface area contributed by atoms with Crippen molar-refractivity contribution in [2.24, 2.45) is 17.8 Å². The minimum Gasteiger partial charge on any atom is -0.299 e. The molecule has 0 aromatic rings. The highest BCUT2D eigenvalue weighted by atomic mass is 15.2. The molecule has 1 heterocycles. The van der Waals surface area contributed by atoms with Gasteiger partial charge in [0.1, 0.15) is 0 Å². The minimum absolute atomic E-state index is 0.297. The second-order valence-corrected chi connectivity index (χ2v) is 6.66. The molecule has 1 saturated carbocycles. The lowest BCUT2D eigenvalue weighted by Crippen LogP contribution is -2.47. The summed E-state index contributed by atoms with van der Waals surface area (Å²) < 4.78 is 0. The van der Waals surface area contributed by atoms with E-state index in [1.165, 1.54) is 58.0 Å². The van der Waals surface area contributed by atoms with Crippen molar-refractivity contribution >= 4 is 0 Å². The zero-order valence-electron chi connectivity index (χ0n) is 12.8. The third-order valence-electron chi connectivity index (χ3n) is 5.48. The number of likely N-dealkylation sites (tertiary alicyclic amines) is 1. The van der Waals surface area contributed by atoms with Gasteiger partial charge in [0, 0.05) is 6.04 Å². The van der Waals surface area contributed by atoms with Crippen LogP contribution in [0.4, 0.5) is 0 Å². The summed E-state index contributed by atoms with van der Waals surface area (Å²) in [5.74, 6) is 2.11. The van der Waals surface area contributed by atoms with Gasteiger partial charge in [-0.2, -0.15) is 5.26 Å². The maximum atomic E-state index is 9.43. The molecule has 1 aliphatic carbocycles. The monoisotopic (exact) mass is 262 g/mol. The van der Waals surface area contributed by atoms with Gasteiger partial charge in [-0.15, -0.1) is 0 Å². The molecule has 1 aliphatic heterocycles. The van der Waals surface area contributed by atoms with E-state index in [-0.39, 0.29) is 0 Å². The quantitative estimate of drug-likeness (QED) is 0.758. The van der Waals surface area contributed by atoms with E-state index in [9.17, 15) is 5.26 Å². The molecule has 3 unspecified atom stereocenters. The first-order valence-corrected chi connectivity index (χ1v) is 8.42. The van der Waals surface area contributed by atoms with Gasteiger partial charge in [-0.1, -0.05) is 33.1 Å². The molecular formula is C17H30N2. The van der Waals surface area contributed by atoms with Crippen molar-refractivity contribution in [1.29, 1.82) is 5.26 Å². The van der Waals surface area contributed by atoms with Gasteiger partial charge in [-0.05, 0) is 57.0 Å². The Morgan fingerprint density at radius 1 is 1.05 bits per heavy atom. The average molecular weight is 262 g/mol. The van der Waals surface area contributed by atoms with Crippen LogP contribution < -0.4 is 0 Å². The molecule has 0 amide bonds. The van der Waals surface area contributed by atoms with E-state index in [2.05, 4.69) is 24.8 Å². The Kier molecular flexibility index (Phi) is 5.70. The van der Waals surface area contributed by atoms with Crippen LogP contribution in [-0.4, -0.2) is 24.0 Å². The van der Waals surface area contributed by atoms with Gasteiger partial charge in [-0.3, -0.25) is 4.90 Å².